The Kier molecular flexibility index (Phi) is 3.74. The van der Waals surface area contributed by atoms with E-state index in [-0.39, 0.29) is 17.2 Å². The second-order valence-electron chi connectivity index (χ2n) is 3.93. The molecule has 5 heteroatoms. The van der Waals surface area contributed by atoms with Crippen molar-refractivity contribution in [3.8, 4) is 17.7 Å². The van der Waals surface area contributed by atoms with Crippen LogP contribution in [-0.4, -0.2) is 10.1 Å². The van der Waals surface area contributed by atoms with Gasteiger partial charge in [-0.25, -0.2) is 9.37 Å². The van der Waals surface area contributed by atoms with Crippen LogP contribution in [0.3, 0.4) is 0 Å². The monoisotopic (exact) mass is 258 g/mol. The molecule has 0 aliphatic carbocycles. The Labute approximate surface area is 109 Å². The van der Waals surface area contributed by atoms with Crippen molar-refractivity contribution in [2.45, 2.75) is 13.0 Å². The number of pyridine rings is 1. The van der Waals surface area contributed by atoms with E-state index >= 15 is 0 Å². The Hall–Kier alpha value is -2.45. The van der Waals surface area contributed by atoms with E-state index < -0.39 is 11.9 Å². The lowest BCUT2D eigenvalue weighted by Crippen LogP contribution is -1.99. The van der Waals surface area contributed by atoms with Gasteiger partial charge in [0.05, 0.1) is 17.7 Å². The van der Waals surface area contributed by atoms with Gasteiger partial charge in [-0.1, -0.05) is 0 Å². The van der Waals surface area contributed by atoms with Gasteiger partial charge in [0.25, 0.3) is 0 Å². The Morgan fingerprint density at radius 2 is 2.21 bits per heavy atom. The Balaban J connectivity index is 2.34. The van der Waals surface area contributed by atoms with Crippen LogP contribution in [0.4, 0.5) is 4.39 Å². The molecule has 0 radical (unpaired) electrons. The van der Waals surface area contributed by atoms with Crippen molar-refractivity contribution in [3.05, 3.63) is 53.5 Å². The first kappa shape index (κ1) is 13.0. The standard InChI is InChI=1S/C14H11FN2O2/c1-9(18)11-3-2-6-17-14(11)19-13-5-4-10(8-16)7-12(13)15/h2-7,9,18H,1H3. The predicted octanol–water partition coefficient (Wildman–Crippen LogP) is 2.94. The molecule has 0 aliphatic rings. The van der Waals surface area contributed by atoms with Crippen LogP contribution in [0.2, 0.25) is 0 Å². The van der Waals surface area contributed by atoms with Crippen LogP contribution in [0.15, 0.2) is 36.5 Å². The summed E-state index contributed by atoms with van der Waals surface area (Å²) in [5.41, 5.74) is 0.674. The molecule has 4 nitrogen and oxygen atoms in total. The van der Waals surface area contributed by atoms with E-state index in [0.717, 1.165) is 6.07 Å². The van der Waals surface area contributed by atoms with E-state index in [0.29, 0.717) is 5.56 Å². The summed E-state index contributed by atoms with van der Waals surface area (Å²) in [6, 6.07) is 9.03. The lowest BCUT2D eigenvalue weighted by atomic mass is 10.2. The first-order chi connectivity index (χ1) is 9.11. The van der Waals surface area contributed by atoms with Gasteiger partial charge in [-0.05, 0) is 37.3 Å². The molecule has 2 rings (SSSR count). The number of hydrogen-bond acceptors (Lipinski definition) is 4. The number of ether oxygens (including phenoxy) is 1. The van der Waals surface area contributed by atoms with Gasteiger partial charge in [0, 0.05) is 11.8 Å². The molecule has 96 valence electrons. The zero-order valence-electron chi connectivity index (χ0n) is 10.2. The molecule has 0 amide bonds. The summed E-state index contributed by atoms with van der Waals surface area (Å²) in [4.78, 5) is 3.97. The average Bonchev–Trinajstić information content (AvgIpc) is 2.41. The van der Waals surface area contributed by atoms with Gasteiger partial charge in [0.15, 0.2) is 11.6 Å². The van der Waals surface area contributed by atoms with Crippen molar-refractivity contribution < 1.29 is 14.2 Å². The van der Waals surface area contributed by atoms with Crippen LogP contribution < -0.4 is 4.74 Å². The fraction of sp³-hybridized carbons (Fsp3) is 0.143. The SMILES string of the molecule is CC(O)c1cccnc1Oc1ccc(C#N)cc1F. The molecule has 0 spiro atoms. The highest BCUT2D eigenvalue weighted by Crippen LogP contribution is 2.29. The zero-order valence-corrected chi connectivity index (χ0v) is 10.2. The molecule has 1 aromatic heterocycles. The molecule has 1 atom stereocenters. The maximum absolute atomic E-state index is 13.7. The molecule has 2 aromatic rings. The molecular formula is C14H11FN2O2. The largest absolute Gasteiger partial charge is 0.436 e. The van der Waals surface area contributed by atoms with Crippen molar-refractivity contribution in [2.24, 2.45) is 0 Å². The van der Waals surface area contributed by atoms with E-state index in [9.17, 15) is 9.50 Å². The second-order valence-corrected chi connectivity index (χ2v) is 3.93. The summed E-state index contributed by atoms with van der Waals surface area (Å²) in [6.45, 7) is 1.57. The summed E-state index contributed by atoms with van der Waals surface area (Å²) < 4.78 is 19.0. The highest BCUT2D eigenvalue weighted by Gasteiger charge is 2.13. The van der Waals surface area contributed by atoms with Gasteiger partial charge in [0.2, 0.25) is 5.88 Å². The Morgan fingerprint density at radius 1 is 1.42 bits per heavy atom. The summed E-state index contributed by atoms with van der Waals surface area (Å²) in [6.07, 6.45) is 0.716. The molecule has 0 aliphatic heterocycles. The maximum atomic E-state index is 13.7. The van der Waals surface area contributed by atoms with Crippen LogP contribution in [-0.2, 0) is 0 Å². The average molecular weight is 258 g/mol. The van der Waals surface area contributed by atoms with Gasteiger partial charge in [0.1, 0.15) is 0 Å². The number of rotatable bonds is 3. The predicted molar refractivity (Wildman–Crippen MR) is 66.1 cm³/mol. The molecule has 0 saturated carbocycles. The summed E-state index contributed by atoms with van der Waals surface area (Å²) >= 11 is 0. The van der Waals surface area contributed by atoms with Crippen LogP contribution in [0, 0.1) is 17.1 Å². The number of halogens is 1. The Bertz CT molecular complexity index is 636. The minimum absolute atomic E-state index is 0.0420. The molecule has 0 fully saturated rings. The van der Waals surface area contributed by atoms with Gasteiger partial charge in [-0.15, -0.1) is 0 Å². The van der Waals surface area contributed by atoms with Gasteiger partial charge in [-0.2, -0.15) is 5.26 Å². The minimum Gasteiger partial charge on any atom is -0.436 e. The van der Waals surface area contributed by atoms with Gasteiger partial charge < -0.3 is 9.84 Å². The van der Waals surface area contributed by atoms with Crippen LogP contribution in [0.5, 0.6) is 11.6 Å². The first-order valence-corrected chi connectivity index (χ1v) is 5.62. The quantitative estimate of drug-likeness (QED) is 0.919. The zero-order chi connectivity index (χ0) is 13.8. The van der Waals surface area contributed by atoms with E-state index in [1.54, 1.807) is 19.1 Å². The molecule has 1 aromatic carbocycles. The smallest absolute Gasteiger partial charge is 0.225 e. The number of aromatic nitrogens is 1. The summed E-state index contributed by atoms with van der Waals surface area (Å²) in [7, 11) is 0. The summed E-state index contributed by atoms with van der Waals surface area (Å²) in [5, 5.41) is 18.2. The first-order valence-electron chi connectivity index (χ1n) is 5.62. The van der Waals surface area contributed by atoms with Crippen LogP contribution in [0.25, 0.3) is 0 Å². The van der Waals surface area contributed by atoms with Gasteiger partial charge in [-0.3, -0.25) is 0 Å². The summed E-state index contributed by atoms with van der Waals surface area (Å²) in [5.74, 6) is -0.554. The topological polar surface area (TPSA) is 66.1 Å². The third-order valence-electron chi connectivity index (χ3n) is 2.52. The molecule has 0 bridgehead atoms. The Morgan fingerprint density at radius 3 is 2.84 bits per heavy atom. The highest BCUT2D eigenvalue weighted by atomic mass is 19.1. The lowest BCUT2D eigenvalue weighted by molar-refractivity contribution is 0.194. The fourth-order valence-corrected chi connectivity index (χ4v) is 1.56. The maximum Gasteiger partial charge on any atom is 0.225 e. The minimum atomic E-state index is -0.773. The third kappa shape index (κ3) is 2.87. The molecule has 0 saturated heterocycles. The molecule has 19 heavy (non-hydrogen) atoms. The van der Waals surface area contributed by atoms with Crippen LogP contribution in [0.1, 0.15) is 24.2 Å². The van der Waals surface area contributed by atoms with Crippen molar-refractivity contribution in [1.29, 1.82) is 5.26 Å². The fourth-order valence-electron chi connectivity index (χ4n) is 1.56. The number of hydrogen-bond donors (Lipinski definition) is 1. The molecular weight excluding hydrogens is 247 g/mol. The molecule has 1 unspecified atom stereocenters. The normalized spacial score (nSPS) is 11.7. The van der Waals surface area contributed by atoms with Crippen molar-refractivity contribution in [3.63, 3.8) is 0 Å². The molecule has 1 heterocycles. The second kappa shape index (κ2) is 5.46. The number of benzene rings is 1. The van der Waals surface area contributed by atoms with E-state index in [4.69, 9.17) is 10.00 Å². The third-order valence-corrected chi connectivity index (χ3v) is 2.52. The van der Waals surface area contributed by atoms with Crippen molar-refractivity contribution in [2.75, 3.05) is 0 Å². The number of aliphatic hydroxyl groups excluding tert-OH is 1. The lowest BCUT2D eigenvalue weighted by Gasteiger charge is -2.12. The van der Waals surface area contributed by atoms with E-state index in [1.165, 1.54) is 18.3 Å². The number of aliphatic hydroxyl groups is 1. The van der Waals surface area contributed by atoms with Crippen molar-refractivity contribution in [1.82, 2.24) is 4.98 Å². The van der Waals surface area contributed by atoms with E-state index in [1.807, 2.05) is 6.07 Å². The van der Waals surface area contributed by atoms with Gasteiger partial charge >= 0.3 is 0 Å². The number of nitriles is 1. The number of nitrogens with zero attached hydrogens (tertiary/aromatic N) is 2. The molecule has 1 N–H and O–H groups in total. The van der Waals surface area contributed by atoms with E-state index in [2.05, 4.69) is 4.98 Å². The van der Waals surface area contributed by atoms with Crippen molar-refractivity contribution >= 4 is 0 Å². The van der Waals surface area contributed by atoms with Crippen LogP contribution >= 0.6 is 0 Å². The highest BCUT2D eigenvalue weighted by molar-refractivity contribution is 5.39.